The Morgan fingerprint density at radius 1 is 1.24 bits per heavy atom. The third-order valence-electron chi connectivity index (χ3n) is 3.76. The molecule has 0 atom stereocenters. The van der Waals surface area contributed by atoms with Crippen LogP contribution in [0.4, 0.5) is 0 Å². The Morgan fingerprint density at radius 2 is 2.00 bits per heavy atom. The number of aliphatic imine (C=N–C) groups is 1. The molecule has 1 heterocycles. The largest absolute Gasteiger partial charge is 0.380 e. The van der Waals surface area contributed by atoms with Gasteiger partial charge in [-0.05, 0) is 37.7 Å². The molecular weight excluding hydrogens is 336 g/mol. The minimum absolute atomic E-state index is 0.503. The Hall–Kier alpha value is -1.28. The molecule has 0 unspecified atom stereocenters. The molecule has 0 amide bonds. The molecule has 2 N–H and O–H groups in total. The molecule has 0 aliphatic heterocycles. The van der Waals surface area contributed by atoms with Crippen molar-refractivity contribution in [3.05, 3.63) is 11.6 Å². The van der Waals surface area contributed by atoms with E-state index < -0.39 is 0 Å². The summed E-state index contributed by atoms with van der Waals surface area (Å²) in [7, 11) is 1.96. The molecular formula is C17H34N6OS. The fraction of sp³-hybridized carbons (Fsp3) is 0.824. The summed E-state index contributed by atoms with van der Waals surface area (Å²) in [5.74, 6) is 4.37. The summed E-state index contributed by atoms with van der Waals surface area (Å²) < 4.78 is 7.61. The van der Waals surface area contributed by atoms with E-state index in [4.69, 9.17) is 4.74 Å². The van der Waals surface area contributed by atoms with Gasteiger partial charge in [0.05, 0.1) is 6.61 Å². The monoisotopic (exact) mass is 370 g/mol. The lowest BCUT2D eigenvalue weighted by Crippen LogP contribution is -2.39. The zero-order chi connectivity index (χ0) is 18.5. The minimum atomic E-state index is 0.503. The number of aryl methyl sites for hydroxylation is 1. The zero-order valence-corrected chi connectivity index (χ0v) is 17.2. The highest BCUT2D eigenvalue weighted by molar-refractivity contribution is 7.98. The van der Waals surface area contributed by atoms with E-state index in [0.29, 0.717) is 19.1 Å². The highest BCUT2D eigenvalue weighted by Crippen LogP contribution is 2.00. The standard InChI is InChI=1S/C17H34N6OS/c1-14(2)7-10-24-11-9-19-17(18-8-6-12-25-5)20-13-16-22-21-15(3)23(16)4/h14H,6-13H2,1-5H3,(H2,18,19,20). The normalized spacial score (nSPS) is 12.0. The number of nitrogens with zero attached hydrogens (tertiary/aromatic N) is 4. The predicted octanol–water partition coefficient (Wildman–Crippen LogP) is 1.97. The molecule has 144 valence electrons. The average molecular weight is 371 g/mol. The zero-order valence-electron chi connectivity index (χ0n) is 16.3. The Kier molecular flexibility index (Phi) is 11.3. The lowest BCUT2D eigenvalue weighted by Gasteiger charge is -2.13. The van der Waals surface area contributed by atoms with Gasteiger partial charge in [-0.2, -0.15) is 11.8 Å². The fourth-order valence-electron chi connectivity index (χ4n) is 2.00. The van der Waals surface area contributed by atoms with Crippen molar-refractivity contribution < 1.29 is 4.74 Å². The van der Waals surface area contributed by atoms with Crippen molar-refractivity contribution in [1.29, 1.82) is 0 Å². The summed E-state index contributed by atoms with van der Waals surface area (Å²) in [6.45, 7) is 9.99. The van der Waals surface area contributed by atoms with Gasteiger partial charge in [0.1, 0.15) is 12.4 Å². The van der Waals surface area contributed by atoms with Gasteiger partial charge in [0, 0.05) is 26.7 Å². The quantitative estimate of drug-likeness (QED) is 0.333. The first kappa shape index (κ1) is 21.8. The van der Waals surface area contributed by atoms with Crippen LogP contribution in [0, 0.1) is 12.8 Å². The summed E-state index contributed by atoms with van der Waals surface area (Å²) >= 11 is 1.86. The SMILES string of the molecule is CSCCCNC(=NCc1nnc(C)n1C)NCCOCCC(C)C. The first-order chi connectivity index (χ1) is 12.0. The van der Waals surface area contributed by atoms with E-state index in [1.165, 1.54) is 0 Å². The molecule has 0 spiro atoms. The second kappa shape index (κ2) is 13.0. The van der Waals surface area contributed by atoms with E-state index in [1.807, 2.05) is 30.3 Å². The van der Waals surface area contributed by atoms with E-state index in [0.717, 1.165) is 55.9 Å². The van der Waals surface area contributed by atoms with Crippen molar-refractivity contribution in [3.8, 4) is 0 Å². The molecule has 1 aromatic rings. The summed E-state index contributed by atoms with van der Waals surface area (Å²) in [6, 6.07) is 0. The third kappa shape index (κ3) is 9.69. The Balaban J connectivity index is 2.42. The van der Waals surface area contributed by atoms with Crippen LogP contribution in [-0.2, 0) is 18.3 Å². The van der Waals surface area contributed by atoms with Crippen LogP contribution in [0.5, 0.6) is 0 Å². The van der Waals surface area contributed by atoms with Crippen molar-refractivity contribution in [1.82, 2.24) is 25.4 Å². The van der Waals surface area contributed by atoms with Crippen LogP contribution in [0.1, 0.15) is 38.3 Å². The second-order valence-electron chi connectivity index (χ2n) is 6.38. The van der Waals surface area contributed by atoms with Crippen molar-refractivity contribution in [2.45, 2.75) is 40.2 Å². The number of ether oxygens (including phenoxy) is 1. The average Bonchev–Trinajstić information content (AvgIpc) is 2.90. The van der Waals surface area contributed by atoms with E-state index in [-0.39, 0.29) is 0 Å². The molecule has 1 aromatic heterocycles. The van der Waals surface area contributed by atoms with Gasteiger partial charge in [0.15, 0.2) is 11.8 Å². The van der Waals surface area contributed by atoms with E-state index >= 15 is 0 Å². The second-order valence-corrected chi connectivity index (χ2v) is 7.37. The number of rotatable bonds is 12. The lowest BCUT2D eigenvalue weighted by atomic mass is 10.1. The predicted molar refractivity (Wildman–Crippen MR) is 106 cm³/mol. The van der Waals surface area contributed by atoms with Gasteiger partial charge in [-0.3, -0.25) is 0 Å². The van der Waals surface area contributed by atoms with Crippen molar-refractivity contribution >= 4 is 17.7 Å². The highest BCUT2D eigenvalue weighted by Gasteiger charge is 2.05. The van der Waals surface area contributed by atoms with Crippen LogP contribution in [0.2, 0.25) is 0 Å². The van der Waals surface area contributed by atoms with Crippen molar-refractivity contribution in [2.75, 3.05) is 38.3 Å². The van der Waals surface area contributed by atoms with E-state index in [9.17, 15) is 0 Å². The van der Waals surface area contributed by atoms with Crippen LogP contribution in [0.25, 0.3) is 0 Å². The van der Waals surface area contributed by atoms with E-state index in [2.05, 4.69) is 45.9 Å². The highest BCUT2D eigenvalue weighted by atomic mass is 32.2. The van der Waals surface area contributed by atoms with Crippen LogP contribution in [0.15, 0.2) is 4.99 Å². The molecule has 7 nitrogen and oxygen atoms in total. The molecule has 0 bridgehead atoms. The van der Waals surface area contributed by atoms with Crippen LogP contribution >= 0.6 is 11.8 Å². The lowest BCUT2D eigenvalue weighted by molar-refractivity contribution is 0.128. The van der Waals surface area contributed by atoms with Gasteiger partial charge in [-0.1, -0.05) is 13.8 Å². The summed E-state index contributed by atoms with van der Waals surface area (Å²) in [5, 5.41) is 14.9. The molecule has 0 radical (unpaired) electrons. The Labute approximate surface area is 156 Å². The van der Waals surface area contributed by atoms with Crippen molar-refractivity contribution in [3.63, 3.8) is 0 Å². The van der Waals surface area contributed by atoms with Gasteiger partial charge in [0.2, 0.25) is 0 Å². The molecule has 0 aliphatic carbocycles. The number of aromatic nitrogens is 3. The number of guanidine groups is 1. The molecule has 1 rings (SSSR count). The third-order valence-corrected chi connectivity index (χ3v) is 4.45. The number of hydrogen-bond donors (Lipinski definition) is 2. The maximum Gasteiger partial charge on any atom is 0.191 e. The molecule has 0 saturated heterocycles. The molecule has 25 heavy (non-hydrogen) atoms. The molecule has 8 heteroatoms. The summed E-state index contributed by atoms with van der Waals surface area (Å²) in [6.07, 6.45) is 4.33. The van der Waals surface area contributed by atoms with Crippen LogP contribution < -0.4 is 10.6 Å². The maximum atomic E-state index is 5.65. The van der Waals surface area contributed by atoms with Gasteiger partial charge >= 0.3 is 0 Å². The van der Waals surface area contributed by atoms with Gasteiger partial charge in [-0.15, -0.1) is 10.2 Å². The first-order valence-electron chi connectivity index (χ1n) is 8.98. The Morgan fingerprint density at radius 3 is 2.64 bits per heavy atom. The minimum Gasteiger partial charge on any atom is -0.380 e. The molecule has 0 saturated carbocycles. The number of thioether (sulfide) groups is 1. The number of nitrogens with one attached hydrogen (secondary N) is 2. The molecule has 0 aliphatic rings. The van der Waals surface area contributed by atoms with Crippen molar-refractivity contribution in [2.24, 2.45) is 18.0 Å². The van der Waals surface area contributed by atoms with Gasteiger partial charge in [-0.25, -0.2) is 4.99 Å². The van der Waals surface area contributed by atoms with E-state index in [1.54, 1.807) is 0 Å². The van der Waals surface area contributed by atoms with Gasteiger partial charge < -0.3 is 19.9 Å². The molecule has 0 aromatic carbocycles. The summed E-state index contributed by atoms with van der Waals surface area (Å²) in [4.78, 5) is 4.62. The van der Waals surface area contributed by atoms with Gasteiger partial charge in [0.25, 0.3) is 0 Å². The Bertz CT molecular complexity index is 503. The molecule has 0 fully saturated rings. The smallest absolute Gasteiger partial charge is 0.191 e. The van der Waals surface area contributed by atoms with Crippen LogP contribution in [0.3, 0.4) is 0 Å². The number of hydrogen-bond acceptors (Lipinski definition) is 5. The summed E-state index contributed by atoms with van der Waals surface area (Å²) in [5.41, 5.74) is 0. The fourth-order valence-corrected chi connectivity index (χ4v) is 2.43. The first-order valence-corrected chi connectivity index (χ1v) is 10.4. The topological polar surface area (TPSA) is 76.4 Å². The van der Waals surface area contributed by atoms with Crippen LogP contribution in [-0.4, -0.2) is 59.0 Å². The maximum absolute atomic E-state index is 5.65.